The van der Waals surface area contributed by atoms with Crippen molar-refractivity contribution in [2.75, 3.05) is 6.54 Å². The molecule has 114 valence electrons. The first-order chi connectivity index (χ1) is 10.4. The molecule has 2 aromatic rings. The van der Waals surface area contributed by atoms with Gasteiger partial charge in [-0.1, -0.05) is 18.2 Å². The molecule has 1 aromatic heterocycles. The van der Waals surface area contributed by atoms with Crippen LogP contribution in [0.1, 0.15) is 23.2 Å². The van der Waals surface area contributed by atoms with Crippen LogP contribution in [0.2, 0.25) is 0 Å². The van der Waals surface area contributed by atoms with Gasteiger partial charge in [-0.05, 0) is 18.9 Å². The highest BCUT2D eigenvalue weighted by Crippen LogP contribution is 2.45. The number of pyridine rings is 1. The molecule has 22 heavy (non-hydrogen) atoms. The third kappa shape index (κ3) is 2.26. The van der Waals surface area contributed by atoms with Gasteiger partial charge < -0.3 is 15.0 Å². The maximum atomic E-state index is 12.4. The Hall–Kier alpha value is -2.63. The zero-order chi connectivity index (χ0) is 15.9. The van der Waals surface area contributed by atoms with E-state index < -0.39 is 17.3 Å². The summed E-state index contributed by atoms with van der Waals surface area (Å²) in [5.74, 6) is -1.30. The van der Waals surface area contributed by atoms with Crippen molar-refractivity contribution in [2.24, 2.45) is 12.5 Å². The number of hydrogen-bond donors (Lipinski definition) is 2. The third-order valence-corrected chi connectivity index (χ3v) is 4.29. The largest absolute Gasteiger partial charge is 0.481 e. The Labute approximate surface area is 126 Å². The van der Waals surface area contributed by atoms with Crippen molar-refractivity contribution in [2.45, 2.75) is 12.8 Å². The normalized spacial score (nSPS) is 15.5. The number of para-hydroxylation sites is 1. The number of carbonyl (C=O) groups excluding carboxylic acids is 1. The van der Waals surface area contributed by atoms with Crippen molar-refractivity contribution in [3.63, 3.8) is 0 Å². The molecule has 3 rings (SSSR count). The van der Waals surface area contributed by atoms with Crippen molar-refractivity contribution < 1.29 is 14.7 Å². The lowest BCUT2D eigenvalue weighted by molar-refractivity contribution is -0.143. The minimum atomic E-state index is -0.887. The summed E-state index contributed by atoms with van der Waals surface area (Å²) in [5, 5.41) is 12.5. The van der Waals surface area contributed by atoms with Crippen molar-refractivity contribution >= 4 is 22.8 Å². The van der Waals surface area contributed by atoms with E-state index in [1.807, 2.05) is 0 Å². The molecule has 1 saturated carbocycles. The van der Waals surface area contributed by atoms with Crippen molar-refractivity contribution in [3.05, 3.63) is 46.2 Å². The Morgan fingerprint density at radius 2 is 2.00 bits per heavy atom. The highest BCUT2D eigenvalue weighted by atomic mass is 16.4. The number of carboxylic acids is 1. The predicted molar refractivity (Wildman–Crippen MR) is 80.8 cm³/mol. The van der Waals surface area contributed by atoms with Gasteiger partial charge in [-0.3, -0.25) is 14.4 Å². The fraction of sp³-hybridized carbons (Fsp3) is 0.312. The van der Waals surface area contributed by atoms with Crippen LogP contribution in [0.4, 0.5) is 0 Å². The fourth-order valence-corrected chi connectivity index (χ4v) is 2.56. The number of fused-ring (bicyclic) bond motifs is 1. The summed E-state index contributed by atoms with van der Waals surface area (Å²) < 4.78 is 1.48. The SMILES string of the molecule is Cn1c(=O)cc(C(=O)NCC2(C(=O)O)CC2)c2ccccc21. The lowest BCUT2D eigenvalue weighted by Gasteiger charge is -2.13. The van der Waals surface area contributed by atoms with Gasteiger partial charge in [-0.2, -0.15) is 0 Å². The molecule has 6 heteroatoms. The van der Waals surface area contributed by atoms with Gasteiger partial charge in [0.1, 0.15) is 0 Å². The zero-order valence-corrected chi connectivity index (χ0v) is 12.1. The summed E-state index contributed by atoms with van der Waals surface area (Å²) in [6.07, 6.45) is 1.14. The van der Waals surface area contributed by atoms with Crippen molar-refractivity contribution in [3.8, 4) is 0 Å². The topological polar surface area (TPSA) is 88.4 Å². The fourth-order valence-electron chi connectivity index (χ4n) is 2.56. The molecule has 1 heterocycles. The van der Waals surface area contributed by atoms with Gasteiger partial charge in [0.2, 0.25) is 0 Å². The molecule has 1 aliphatic carbocycles. The van der Waals surface area contributed by atoms with E-state index in [0.717, 1.165) is 0 Å². The van der Waals surface area contributed by atoms with E-state index in [0.29, 0.717) is 23.7 Å². The standard InChI is InChI=1S/C16H16N2O4/c1-18-12-5-3-2-4-10(12)11(8-13(18)19)14(20)17-9-16(6-7-16)15(21)22/h2-5,8H,6-7,9H2,1H3,(H,17,20)(H,21,22). The first kappa shape index (κ1) is 14.3. The number of carboxylic acid groups (broad SMARTS) is 1. The van der Waals surface area contributed by atoms with Crippen LogP contribution in [0.3, 0.4) is 0 Å². The number of nitrogens with one attached hydrogen (secondary N) is 1. The number of carbonyl (C=O) groups is 2. The highest BCUT2D eigenvalue weighted by molar-refractivity contribution is 6.06. The molecular formula is C16H16N2O4. The summed E-state index contributed by atoms with van der Waals surface area (Å²) in [7, 11) is 1.65. The number of nitrogens with zero attached hydrogens (tertiary/aromatic N) is 1. The van der Waals surface area contributed by atoms with Gasteiger partial charge in [-0.15, -0.1) is 0 Å². The van der Waals surface area contributed by atoms with Crippen LogP contribution < -0.4 is 10.9 Å². The molecule has 0 bridgehead atoms. The summed E-state index contributed by atoms with van der Waals surface area (Å²) in [6, 6.07) is 8.43. The summed E-state index contributed by atoms with van der Waals surface area (Å²) in [4.78, 5) is 35.5. The predicted octanol–water partition coefficient (Wildman–Crippen LogP) is 1.13. The first-order valence-electron chi connectivity index (χ1n) is 7.05. The van der Waals surface area contributed by atoms with E-state index in [2.05, 4.69) is 5.32 Å². The van der Waals surface area contributed by atoms with Crippen molar-refractivity contribution in [1.29, 1.82) is 0 Å². The van der Waals surface area contributed by atoms with E-state index in [-0.39, 0.29) is 17.7 Å². The Bertz CT molecular complexity index is 834. The highest BCUT2D eigenvalue weighted by Gasteiger charge is 2.50. The molecule has 0 unspecified atom stereocenters. The number of hydrogen-bond acceptors (Lipinski definition) is 3. The Morgan fingerprint density at radius 1 is 1.32 bits per heavy atom. The molecule has 0 radical (unpaired) electrons. The second kappa shape index (κ2) is 4.98. The monoisotopic (exact) mass is 300 g/mol. The average molecular weight is 300 g/mol. The van der Waals surface area contributed by atoms with Gasteiger partial charge in [0, 0.05) is 25.0 Å². The smallest absolute Gasteiger partial charge is 0.311 e. The van der Waals surface area contributed by atoms with Crippen LogP contribution in [0.15, 0.2) is 35.1 Å². The maximum absolute atomic E-state index is 12.4. The molecular weight excluding hydrogens is 284 g/mol. The average Bonchev–Trinajstić information content (AvgIpc) is 3.30. The summed E-state index contributed by atoms with van der Waals surface area (Å²) in [6.45, 7) is 0.0880. The quantitative estimate of drug-likeness (QED) is 0.886. The Kier molecular flexibility index (Phi) is 3.24. The van der Waals surface area contributed by atoms with Gasteiger partial charge in [0.05, 0.1) is 16.5 Å². The summed E-state index contributed by atoms with van der Waals surface area (Å²) >= 11 is 0. The zero-order valence-electron chi connectivity index (χ0n) is 12.1. The number of aliphatic carboxylic acids is 1. The molecule has 0 atom stereocenters. The van der Waals surface area contributed by atoms with Crippen LogP contribution in [0.25, 0.3) is 10.9 Å². The summed E-state index contributed by atoms with van der Waals surface area (Å²) in [5.41, 5.74) is -0.159. The number of aromatic nitrogens is 1. The van der Waals surface area contributed by atoms with Crippen LogP contribution in [0.5, 0.6) is 0 Å². The molecule has 6 nitrogen and oxygen atoms in total. The third-order valence-electron chi connectivity index (χ3n) is 4.29. The van der Waals surface area contributed by atoms with Crippen LogP contribution >= 0.6 is 0 Å². The molecule has 1 aromatic carbocycles. The van der Waals surface area contributed by atoms with Crippen LogP contribution in [-0.2, 0) is 11.8 Å². The molecule has 0 aliphatic heterocycles. The second-order valence-electron chi connectivity index (χ2n) is 5.74. The molecule has 0 spiro atoms. The van der Waals surface area contributed by atoms with Gasteiger partial charge in [0.15, 0.2) is 0 Å². The van der Waals surface area contributed by atoms with E-state index in [1.54, 1.807) is 31.3 Å². The number of aryl methyl sites for hydroxylation is 1. The lowest BCUT2D eigenvalue weighted by Crippen LogP contribution is -2.35. The Balaban J connectivity index is 1.93. The lowest BCUT2D eigenvalue weighted by atomic mass is 10.1. The van der Waals surface area contributed by atoms with Crippen LogP contribution in [0, 0.1) is 5.41 Å². The van der Waals surface area contributed by atoms with Gasteiger partial charge in [-0.25, -0.2) is 0 Å². The minimum absolute atomic E-state index is 0.0880. The Morgan fingerprint density at radius 3 is 2.64 bits per heavy atom. The van der Waals surface area contributed by atoms with E-state index >= 15 is 0 Å². The number of amides is 1. The van der Waals surface area contributed by atoms with Gasteiger partial charge >= 0.3 is 5.97 Å². The number of rotatable bonds is 4. The molecule has 2 N–H and O–H groups in total. The number of benzene rings is 1. The van der Waals surface area contributed by atoms with E-state index in [9.17, 15) is 14.4 Å². The van der Waals surface area contributed by atoms with E-state index in [4.69, 9.17) is 5.11 Å². The van der Waals surface area contributed by atoms with Gasteiger partial charge in [0.25, 0.3) is 11.5 Å². The minimum Gasteiger partial charge on any atom is -0.481 e. The first-order valence-corrected chi connectivity index (χ1v) is 7.05. The molecule has 1 aliphatic rings. The maximum Gasteiger partial charge on any atom is 0.311 e. The molecule has 1 amide bonds. The molecule has 1 fully saturated rings. The van der Waals surface area contributed by atoms with Crippen molar-refractivity contribution in [1.82, 2.24) is 9.88 Å². The van der Waals surface area contributed by atoms with E-state index in [1.165, 1.54) is 10.6 Å². The van der Waals surface area contributed by atoms with Crippen LogP contribution in [-0.4, -0.2) is 28.1 Å². The second-order valence-corrected chi connectivity index (χ2v) is 5.74. The molecule has 0 saturated heterocycles.